The summed E-state index contributed by atoms with van der Waals surface area (Å²) in [5, 5.41) is -1.16. The lowest BCUT2D eigenvalue weighted by atomic mass is 10.3. The van der Waals surface area contributed by atoms with E-state index >= 15 is 0 Å². The molecule has 0 aliphatic heterocycles. The van der Waals surface area contributed by atoms with Crippen LogP contribution < -0.4 is 10.5 Å². The lowest BCUT2D eigenvalue weighted by Crippen LogP contribution is -2.41. The smallest absolute Gasteiger partial charge is 0.236 e. The van der Waals surface area contributed by atoms with E-state index in [9.17, 15) is 13.2 Å². The van der Waals surface area contributed by atoms with Gasteiger partial charge in [-0.1, -0.05) is 19.8 Å². The number of amides is 1. The summed E-state index contributed by atoms with van der Waals surface area (Å²) in [5.74, 6) is -0.826. The first-order valence-electron chi connectivity index (χ1n) is 4.69. The van der Waals surface area contributed by atoms with E-state index in [0.717, 1.165) is 19.3 Å². The van der Waals surface area contributed by atoms with Crippen molar-refractivity contribution in [2.24, 2.45) is 5.73 Å². The highest BCUT2D eigenvalue weighted by atomic mass is 32.2. The van der Waals surface area contributed by atoms with E-state index in [2.05, 4.69) is 4.72 Å². The van der Waals surface area contributed by atoms with Gasteiger partial charge in [-0.15, -0.1) is 0 Å². The minimum Gasteiger partial charge on any atom is -0.369 e. The SMILES string of the molecule is CCCCCNS(=O)(=O)C(C)C(N)=O. The maximum Gasteiger partial charge on any atom is 0.236 e. The summed E-state index contributed by atoms with van der Waals surface area (Å²) in [6.07, 6.45) is 2.77. The lowest BCUT2D eigenvalue weighted by molar-refractivity contribution is -0.117. The van der Waals surface area contributed by atoms with Crippen LogP contribution >= 0.6 is 0 Å². The summed E-state index contributed by atoms with van der Waals surface area (Å²) in [6.45, 7) is 3.68. The van der Waals surface area contributed by atoms with Crippen molar-refractivity contribution in [3.63, 3.8) is 0 Å². The highest BCUT2D eigenvalue weighted by molar-refractivity contribution is 7.90. The number of unbranched alkanes of at least 4 members (excludes halogenated alkanes) is 2. The standard InChI is InChI=1S/C8H18N2O3S/c1-3-4-5-6-10-14(12,13)7(2)8(9)11/h7,10H,3-6H2,1-2H3,(H2,9,11). The Bertz CT molecular complexity index is 274. The van der Waals surface area contributed by atoms with E-state index in [0.29, 0.717) is 6.54 Å². The first-order valence-corrected chi connectivity index (χ1v) is 6.24. The molecule has 0 heterocycles. The van der Waals surface area contributed by atoms with Gasteiger partial charge in [0.25, 0.3) is 0 Å². The molecule has 0 rings (SSSR count). The summed E-state index contributed by atoms with van der Waals surface area (Å²) in [4.78, 5) is 10.6. The number of carbonyl (C=O) groups is 1. The monoisotopic (exact) mass is 222 g/mol. The molecule has 0 fully saturated rings. The zero-order valence-corrected chi connectivity index (χ0v) is 9.43. The van der Waals surface area contributed by atoms with Gasteiger partial charge < -0.3 is 5.73 Å². The molecular formula is C8H18N2O3S. The molecule has 0 saturated carbocycles. The van der Waals surface area contributed by atoms with Crippen molar-refractivity contribution in [2.75, 3.05) is 6.54 Å². The van der Waals surface area contributed by atoms with E-state index in [-0.39, 0.29) is 0 Å². The maximum atomic E-state index is 11.3. The van der Waals surface area contributed by atoms with Gasteiger partial charge in [0.1, 0.15) is 0 Å². The van der Waals surface area contributed by atoms with Crippen molar-refractivity contribution >= 4 is 15.9 Å². The number of carbonyl (C=O) groups excluding carboxylic acids is 1. The molecule has 5 nitrogen and oxygen atoms in total. The highest BCUT2D eigenvalue weighted by Crippen LogP contribution is 1.98. The second-order valence-electron chi connectivity index (χ2n) is 3.19. The van der Waals surface area contributed by atoms with Crippen molar-refractivity contribution in [3.8, 4) is 0 Å². The maximum absolute atomic E-state index is 11.3. The van der Waals surface area contributed by atoms with E-state index in [4.69, 9.17) is 5.73 Å². The van der Waals surface area contributed by atoms with Crippen LogP contribution in [0.3, 0.4) is 0 Å². The molecule has 0 bridgehead atoms. The quantitative estimate of drug-likeness (QED) is 0.593. The third-order valence-corrected chi connectivity index (χ3v) is 3.72. The first kappa shape index (κ1) is 13.4. The van der Waals surface area contributed by atoms with Crippen LogP contribution in [0.4, 0.5) is 0 Å². The van der Waals surface area contributed by atoms with Gasteiger partial charge in [-0.2, -0.15) is 0 Å². The van der Waals surface area contributed by atoms with Crippen LogP contribution in [0.25, 0.3) is 0 Å². The third kappa shape index (κ3) is 4.57. The number of nitrogens with one attached hydrogen (secondary N) is 1. The molecule has 6 heteroatoms. The van der Waals surface area contributed by atoms with Crippen LogP contribution in [0.2, 0.25) is 0 Å². The molecule has 1 unspecified atom stereocenters. The minimum absolute atomic E-state index is 0.369. The molecule has 1 atom stereocenters. The zero-order valence-electron chi connectivity index (χ0n) is 8.62. The molecule has 0 radical (unpaired) electrons. The number of hydrogen-bond donors (Lipinski definition) is 2. The van der Waals surface area contributed by atoms with Crippen molar-refractivity contribution in [1.82, 2.24) is 4.72 Å². The number of nitrogens with two attached hydrogens (primary N) is 1. The van der Waals surface area contributed by atoms with Gasteiger partial charge >= 0.3 is 0 Å². The largest absolute Gasteiger partial charge is 0.369 e. The van der Waals surface area contributed by atoms with Crippen LogP contribution in [-0.2, 0) is 14.8 Å². The molecule has 0 spiro atoms. The van der Waals surface area contributed by atoms with E-state index < -0.39 is 21.2 Å². The fraction of sp³-hybridized carbons (Fsp3) is 0.875. The Hall–Kier alpha value is -0.620. The first-order chi connectivity index (χ1) is 6.41. The molecule has 1 amide bonds. The lowest BCUT2D eigenvalue weighted by Gasteiger charge is -2.10. The average molecular weight is 222 g/mol. The van der Waals surface area contributed by atoms with Gasteiger partial charge in [-0.25, -0.2) is 13.1 Å². The number of sulfonamides is 1. The summed E-state index contributed by atoms with van der Waals surface area (Å²) in [7, 11) is -3.56. The summed E-state index contributed by atoms with van der Waals surface area (Å²) >= 11 is 0. The van der Waals surface area contributed by atoms with Crippen molar-refractivity contribution in [3.05, 3.63) is 0 Å². The van der Waals surface area contributed by atoms with Gasteiger partial charge in [-0.05, 0) is 13.3 Å². The average Bonchev–Trinajstić information content (AvgIpc) is 2.11. The van der Waals surface area contributed by atoms with Crippen molar-refractivity contribution in [1.29, 1.82) is 0 Å². The Morgan fingerprint density at radius 3 is 2.43 bits per heavy atom. The van der Waals surface area contributed by atoms with Crippen LogP contribution in [0.5, 0.6) is 0 Å². The molecule has 0 aromatic heterocycles. The van der Waals surface area contributed by atoms with E-state index in [1.165, 1.54) is 6.92 Å². The number of primary amides is 1. The topological polar surface area (TPSA) is 89.3 Å². The Balaban J connectivity index is 4.02. The fourth-order valence-electron chi connectivity index (χ4n) is 0.867. The summed E-state index contributed by atoms with van der Waals surface area (Å²) in [6, 6.07) is 0. The summed E-state index contributed by atoms with van der Waals surface area (Å²) in [5.41, 5.74) is 4.89. The van der Waals surface area contributed by atoms with E-state index in [1.807, 2.05) is 6.92 Å². The molecule has 3 N–H and O–H groups in total. The van der Waals surface area contributed by atoms with Gasteiger partial charge in [-0.3, -0.25) is 4.79 Å². The fourth-order valence-corrected chi connectivity index (χ4v) is 1.85. The molecule has 84 valence electrons. The van der Waals surface area contributed by atoms with Crippen molar-refractivity contribution < 1.29 is 13.2 Å². The van der Waals surface area contributed by atoms with Gasteiger partial charge in [0.05, 0.1) is 0 Å². The van der Waals surface area contributed by atoms with Crippen LogP contribution in [0.15, 0.2) is 0 Å². The normalized spacial score (nSPS) is 13.9. The van der Waals surface area contributed by atoms with Crippen LogP contribution in [0.1, 0.15) is 33.1 Å². The van der Waals surface area contributed by atoms with Gasteiger partial charge in [0.2, 0.25) is 15.9 Å². The predicted octanol–water partition coefficient (Wildman–Crippen LogP) is -0.0302. The predicted molar refractivity (Wildman–Crippen MR) is 55.1 cm³/mol. The van der Waals surface area contributed by atoms with Gasteiger partial charge in [0.15, 0.2) is 5.25 Å². The van der Waals surface area contributed by atoms with Crippen LogP contribution in [-0.4, -0.2) is 26.1 Å². The Labute approximate surface area is 85.1 Å². The molecule has 14 heavy (non-hydrogen) atoms. The third-order valence-electron chi connectivity index (χ3n) is 1.95. The molecule has 0 aromatic rings. The molecule has 0 saturated heterocycles. The summed E-state index contributed by atoms with van der Waals surface area (Å²) < 4.78 is 25.0. The van der Waals surface area contributed by atoms with Crippen molar-refractivity contribution in [2.45, 2.75) is 38.4 Å². The second kappa shape index (κ2) is 5.98. The molecule has 0 aliphatic carbocycles. The minimum atomic E-state index is -3.56. The second-order valence-corrected chi connectivity index (χ2v) is 5.28. The Morgan fingerprint density at radius 2 is 2.00 bits per heavy atom. The highest BCUT2D eigenvalue weighted by Gasteiger charge is 2.24. The van der Waals surface area contributed by atoms with E-state index in [1.54, 1.807) is 0 Å². The number of hydrogen-bond acceptors (Lipinski definition) is 3. The Kier molecular flexibility index (Phi) is 5.71. The molecule has 0 aromatic carbocycles. The van der Waals surface area contributed by atoms with Crippen LogP contribution in [0, 0.1) is 0 Å². The molecule has 0 aliphatic rings. The zero-order chi connectivity index (χ0) is 11.2. The number of rotatable bonds is 7. The molecular weight excluding hydrogens is 204 g/mol. The Morgan fingerprint density at radius 1 is 1.43 bits per heavy atom. The van der Waals surface area contributed by atoms with Gasteiger partial charge in [0, 0.05) is 6.54 Å².